The van der Waals surface area contributed by atoms with Gasteiger partial charge < -0.3 is 44.1 Å². The molecule has 46 heavy (non-hydrogen) atoms. The number of benzene rings is 1. The number of carbonyl (C=O) groups is 4. The number of rotatable bonds is 5. The zero-order chi connectivity index (χ0) is 34.1. The number of ether oxygens (including phenoxy) is 5. The Labute approximate surface area is 266 Å². The number of fused-ring (bicyclic) bond motifs is 5. The lowest BCUT2D eigenvalue weighted by molar-refractivity contribution is -0.370. The van der Waals surface area contributed by atoms with Crippen LogP contribution in [0.1, 0.15) is 65.2 Å². The molecule has 1 saturated heterocycles. The highest BCUT2D eigenvalue weighted by Crippen LogP contribution is 2.65. The Morgan fingerprint density at radius 2 is 1.43 bits per heavy atom. The molecule has 11 unspecified atom stereocenters. The molecule has 1 heterocycles. The number of esters is 4. The maximum Gasteiger partial charge on any atom is 0.338 e. The molecule has 3 fully saturated rings. The molecular weight excluding hydrogens is 604 g/mol. The van der Waals surface area contributed by atoms with Gasteiger partial charge in [-0.05, 0) is 30.2 Å². The van der Waals surface area contributed by atoms with E-state index in [1.54, 1.807) is 18.2 Å². The summed E-state index contributed by atoms with van der Waals surface area (Å²) in [4.78, 5) is 51.5. The standard InChI is InChI=1S/C33H42O13/c1-15-22-24(44-17(3)35)26(38)31(7)20(37)13-21-32(14-42-21,46-18(4)36)25(31)28(45-29(40)19-11-9-8-10-12-19)33(41,30(22,5)6)27(39)23(15)43-16(2)34/h8-12,20-21,23-28,37-39,41H,13-14H2,1-7H3. The molecule has 3 aliphatic carbocycles. The largest absolute Gasteiger partial charge is 0.455 e. The van der Waals surface area contributed by atoms with Gasteiger partial charge in [-0.3, -0.25) is 14.4 Å². The summed E-state index contributed by atoms with van der Waals surface area (Å²) in [5.74, 6) is -4.79. The van der Waals surface area contributed by atoms with E-state index in [2.05, 4.69) is 0 Å². The zero-order valence-electron chi connectivity index (χ0n) is 26.9. The Bertz CT molecular complexity index is 1450. The molecule has 0 spiro atoms. The van der Waals surface area contributed by atoms with Gasteiger partial charge in [0.2, 0.25) is 0 Å². The van der Waals surface area contributed by atoms with E-state index in [1.165, 1.54) is 39.8 Å². The van der Waals surface area contributed by atoms with Gasteiger partial charge in [-0.2, -0.15) is 0 Å². The van der Waals surface area contributed by atoms with Gasteiger partial charge in [0, 0.05) is 38.0 Å². The van der Waals surface area contributed by atoms with Crippen LogP contribution < -0.4 is 0 Å². The lowest BCUT2D eigenvalue weighted by Gasteiger charge is -2.69. The van der Waals surface area contributed by atoms with E-state index in [0.717, 1.165) is 20.8 Å². The summed E-state index contributed by atoms with van der Waals surface area (Å²) in [6, 6.07) is 7.84. The lowest BCUT2D eigenvalue weighted by atomic mass is 9.44. The van der Waals surface area contributed by atoms with Crippen LogP contribution in [0.5, 0.6) is 0 Å². The van der Waals surface area contributed by atoms with Gasteiger partial charge in [0.25, 0.3) is 0 Å². The summed E-state index contributed by atoms with van der Waals surface area (Å²) >= 11 is 0. The van der Waals surface area contributed by atoms with Crippen LogP contribution in [0, 0.1) is 16.7 Å². The summed E-state index contributed by atoms with van der Waals surface area (Å²) in [7, 11) is 0. The first-order valence-electron chi connectivity index (χ1n) is 15.2. The average Bonchev–Trinajstić information content (AvgIpc) is 2.97. The summed E-state index contributed by atoms with van der Waals surface area (Å²) in [6.07, 6.45) is -11.3. The Kier molecular flexibility index (Phi) is 8.43. The van der Waals surface area contributed by atoms with E-state index in [9.17, 15) is 39.6 Å². The smallest absolute Gasteiger partial charge is 0.338 e. The van der Waals surface area contributed by atoms with Gasteiger partial charge in [-0.25, -0.2) is 4.79 Å². The highest BCUT2D eigenvalue weighted by atomic mass is 16.6. The summed E-state index contributed by atoms with van der Waals surface area (Å²) in [5, 5.41) is 49.6. The van der Waals surface area contributed by atoms with E-state index in [-0.39, 0.29) is 29.7 Å². The van der Waals surface area contributed by atoms with E-state index < -0.39 is 94.6 Å². The molecule has 1 aliphatic heterocycles. The third kappa shape index (κ3) is 4.69. The fraction of sp³-hybridized carbons (Fsp3) is 0.636. The Morgan fingerprint density at radius 3 is 1.96 bits per heavy atom. The SMILES string of the molecule is CC(=O)OC1C2=C(C)C(OC(C)=O)C(O)C(O)(C(OC(=O)c3ccccc3)C3C4(OC(C)=O)COC4CC(O)C3(C)C1O)C2(C)C. The molecule has 0 amide bonds. The molecule has 1 aromatic rings. The third-order valence-corrected chi connectivity index (χ3v) is 10.8. The molecule has 252 valence electrons. The molecule has 0 aromatic heterocycles. The van der Waals surface area contributed by atoms with Crippen LogP contribution in [0.2, 0.25) is 0 Å². The summed E-state index contributed by atoms with van der Waals surface area (Å²) in [6.45, 7) is 9.13. The molecule has 11 atom stereocenters. The molecule has 2 saturated carbocycles. The minimum atomic E-state index is -2.60. The fourth-order valence-corrected chi connectivity index (χ4v) is 8.59. The van der Waals surface area contributed by atoms with Gasteiger partial charge in [-0.15, -0.1) is 0 Å². The number of hydrogen-bond acceptors (Lipinski definition) is 13. The molecule has 4 aliphatic rings. The van der Waals surface area contributed by atoms with Crippen LogP contribution in [0.3, 0.4) is 0 Å². The number of aliphatic hydroxyl groups excluding tert-OH is 3. The van der Waals surface area contributed by atoms with Crippen molar-refractivity contribution in [1.82, 2.24) is 0 Å². The first kappa shape index (κ1) is 34.0. The van der Waals surface area contributed by atoms with Crippen molar-refractivity contribution in [3.8, 4) is 0 Å². The lowest BCUT2D eigenvalue weighted by Crippen LogP contribution is -2.84. The van der Waals surface area contributed by atoms with E-state index in [0.29, 0.717) is 0 Å². The van der Waals surface area contributed by atoms with Crippen molar-refractivity contribution in [3.05, 3.63) is 47.0 Å². The van der Waals surface area contributed by atoms with Crippen LogP contribution >= 0.6 is 0 Å². The van der Waals surface area contributed by atoms with Crippen LogP contribution in [-0.2, 0) is 38.1 Å². The van der Waals surface area contributed by atoms with E-state index >= 15 is 0 Å². The second-order valence-electron chi connectivity index (χ2n) is 13.6. The van der Waals surface area contributed by atoms with Crippen LogP contribution in [-0.4, -0.2) is 105 Å². The number of aliphatic hydroxyl groups is 4. The first-order chi connectivity index (χ1) is 21.3. The van der Waals surface area contributed by atoms with Gasteiger partial charge >= 0.3 is 23.9 Å². The second-order valence-corrected chi connectivity index (χ2v) is 13.6. The highest BCUT2D eigenvalue weighted by molar-refractivity contribution is 5.89. The predicted octanol–water partition coefficient (Wildman–Crippen LogP) is 0.986. The van der Waals surface area contributed by atoms with E-state index in [4.69, 9.17) is 23.7 Å². The molecule has 5 rings (SSSR count). The maximum atomic E-state index is 13.9. The van der Waals surface area contributed by atoms with Crippen molar-refractivity contribution >= 4 is 23.9 Å². The molecular formula is C33H42O13. The third-order valence-electron chi connectivity index (χ3n) is 10.8. The Morgan fingerprint density at radius 1 is 0.848 bits per heavy atom. The van der Waals surface area contributed by atoms with Crippen LogP contribution in [0.4, 0.5) is 0 Å². The van der Waals surface area contributed by atoms with E-state index in [1.807, 2.05) is 0 Å². The zero-order valence-corrected chi connectivity index (χ0v) is 26.9. The number of carbonyl (C=O) groups excluding carboxylic acids is 4. The number of hydrogen-bond donors (Lipinski definition) is 4. The van der Waals surface area contributed by atoms with Gasteiger partial charge in [0.1, 0.15) is 30.0 Å². The fourth-order valence-electron chi connectivity index (χ4n) is 8.59. The van der Waals surface area contributed by atoms with Crippen molar-refractivity contribution in [2.45, 2.75) is 109 Å². The van der Waals surface area contributed by atoms with Crippen molar-refractivity contribution < 1.29 is 63.3 Å². The summed E-state index contributed by atoms with van der Waals surface area (Å²) < 4.78 is 29.3. The topological polar surface area (TPSA) is 195 Å². The minimum absolute atomic E-state index is 0.0825. The predicted molar refractivity (Wildman–Crippen MR) is 157 cm³/mol. The Balaban J connectivity index is 1.89. The highest BCUT2D eigenvalue weighted by Gasteiger charge is 2.79. The molecule has 13 heteroatoms. The van der Waals surface area contributed by atoms with Crippen molar-refractivity contribution in [2.75, 3.05) is 6.61 Å². The molecule has 0 radical (unpaired) electrons. The molecule has 2 bridgehead atoms. The quantitative estimate of drug-likeness (QED) is 0.201. The van der Waals surface area contributed by atoms with Crippen molar-refractivity contribution in [1.29, 1.82) is 0 Å². The van der Waals surface area contributed by atoms with Gasteiger partial charge in [0.15, 0.2) is 17.8 Å². The van der Waals surface area contributed by atoms with Crippen LogP contribution in [0.15, 0.2) is 41.5 Å². The summed E-state index contributed by atoms with van der Waals surface area (Å²) in [5.41, 5.74) is -7.48. The molecule has 4 N–H and O–H groups in total. The van der Waals surface area contributed by atoms with Crippen molar-refractivity contribution in [2.24, 2.45) is 16.7 Å². The van der Waals surface area contributed by atoms with Gasteiger partial charge in [0.05, 0.1) is 24.2 Å². The first-order valence-corrected chi connectivity index (χ1v) is 15.2. The van der Waals surface area contributed by atoms with Crippen LogP contribution in [0.25, 0.3) is 0 Å². The normalized spacial score (nSPS) is 40.9. The minimum Gasteiger partial charge on any atom is -0.455 e. The monoisotopic (exact) mass is 646 g/mol. The molecule has 1 aromatic carbocycles. The van der Waals surface area contributed by atoms with Gasteiger partial charge in [-0.1, -0.05) is 39.0 Å². The average molecular weight is 647 g/mol. The second kappa shape index (κ2) is 11.4. The Hall–Kier alpha value is -3.36. The molecule has 13 nitrogen and oxygen atoms in total. The maximum absolute atomic E-state index is 13.9. The van der Waals surface area contributed by atoms with Crippen molar-refractivity contribution in [3.63, 3.8) is 0 Å².